The van der Waals surface area contributed by atoms with Crippen LogP contribution in [0.4, 0.5) is 0 Å². The number of aromatic amines is 1. The molecule has 4 rings (SSSR count). The predicted molar refractivity (Wildman–Crippen MR) is 96.1 cm³/mol. The van der Waals surface area contributed by atoms with Crippen LogP contribution in [0.2, 0.25) is 0 Å². The fourth-order valence-electron chi connectivity index (χ4n) is 2.95. The lowest BCUT2D eigenvalue weighted by atomic mass is 10.2. The van der Waals surface area contributed by atoms with Gasteiger partial charge in [-0.3, -0.25) is 4.79 Å². The van der Waals surface area contributed by atoms with Gasteiger partial charge in [0.05, 0.1) is 35.7 Å². The Morgan fingerprint density at radius 2 is 2.36 bits per heavy atom. The minimum Gasteiger partial charge on any atom is -0.497 e. The maximum atomic E-state index is 12.4. The van der Waals surface area contributed by atoms with Crippen molar-refractivity contribution in [1.82, 2.24) is 15.3 Å². The van der Waals surface area contributed by atoms with E-state index in [9.17, 15) is 4.79 Å². The monoisotopic (exact) mass is 357 g/mol. The molecule has 0 radical (unpaired) electrons. The van der Waals surface area contributed by atoms with Crippen LogP contribution in [0, 0.1) is 0 Å². The first-order valence-electron chi connectivity index (χ1n) is 8.25. The number of benzene rings is 1. The zero-order valence-corrected chi connectivity index (χ0v) is 14.7. The minimum absolute atomic E-state index is 0.0905. The van der Waals surface area contributed by atoms with Crippen molar-refractivity contribution in [1.29, 1.82) is 0 Å². The molecule has 0 spiro atoms. The highest BCUT2D eigenvalue weighted by atomic mass is 32.1. The van der Waals surface area contributed by atoms with E-state index in [1.807, 2.05) is 30.3 Å². The number of methoxy groups -OCH3 is 1. The van der Waals surface area contributed by atoms with E-state index >= 15 is 0 Å². The first-order valence-corrected chi connectivity index (χ1v) is 9.07. The van der Waals surface area contributed by atoms with Gasteiger partial charge in [-0.1, -0.05) is 0 Å². The molecule has 1 saturated heterocycles. The van der Waals surface area contributed by atoms with Crippen LogP contribution < -0.4 is 10.1 Å². The van der Waals surface area contributed by atoms with Crippen molar-refractivity contribution in [3.63, 3.8) is 0 Å². The summed E-state index contributed by atoms with van der Waals surface area (Å²) in [5, 5.41) is 2.91. The van der Waals surface area contributed by atoms with Crippen LogP contribution in [0.25, 0.3) is 11.0 Å². The largest absolute Gasteiger partial charge is 0.497 e. The van der Waals surface area contributed by atoms with E-state index in [0.717, 1.165) is 41.1 Å². The Bertz CT molecular complexity index is 896. The standard InChI is InChI=1S/C18H19N3O3S/c1-23-11-4-5-12-13(9-11)21-17(20-12)10-19-18(22)16-7-6-15(25-16)14-3-2-8-24-14/h4-7,9,14H,2-3,8,10H2,1H3,(H,19,22)(H,20,21)/t14-/m0/s1. The van der Waals surface area contributed by atoms with Crippen molar-refractivity contribution in [2.24, 2.45) is 0 Å². The van der Waals surface area contributed by atoms with E-state index in [4.69, 9.17) is 9.47 Å². The van der Waals surface area contributed by atoms with Crippen molar-refractivity contribution in [3.05, 3.63) is 45.9 Å². The number of fused-ring (bicyclic) bond motifs is 1. The molecular weight excluding hydrogens is 338 g/mol. The quantitative estimate of drug-likeness (QED) is 0.734. The number of imidazole rings is 1. The van der Waals surface area contributed by atoms with Gasteiger partial charge in [0.2, 0.25) is 0 Å². The van der Waals surface area contributed by atoms with Crippen LogP contribution in [0.5, 0.6) is 5.75 Å². The summed E-state index contributed by atoms with van der Waals surface area (Å²) in [6.07, 6.45) is 2.27. The maximum Gasteiger partial charge on any atom is 0.261 e. The lowest BCUT2D eigenvalue weighted by Crippen LogP contribution is -2.22. The van der Waals surface area contributed by atoms with E-state index in [1.54, 1.807) is 7.11 Å². The Kier molecular flexibility index (Phi) is 4.42. The summed E-state index contributed by atoms with van der Waals surface area (Å²) in [5.41, 5.74) is 1.74. The van der Waals surface area contributed by atoms with Gasteiger partial charge in [0.25, 0.3) is 5.91 Å². The maximum absolute atomic E-state index is 12.4. The molecule has 3 heterocycles. The lowest BCUT2D eigenvalue weighted by molar-refractivity contribution is 0.0954. The number of aromatic nitrogens is 2. The van der Waals surface area contributed by atoms with Gasteiger partial charge < -0.3 is 19.8 Å². The number of nitrogens with zero attached hydrogens (tertiary/aromatic N) is 1. The molecule has 0 bridgehead atoms. The topological polar surface area (TPSA) is 76.2 Å². The summed E-state index contributed by atoms with van der Waals surface area (Å²) in [5.74, 6) is 1.40. The third-order valence-corrected chi connectivity index (χ3v) is 5.43. The molecule has 3 aromatic rings. The van der Waals surface area contributed by atoms with Gasteiger partial charge in [-0.15, -0.1) is 11.3 Å². The van der Waals surface area contributed by atoms with E-state index in [0.29, 0.717) is 17.2 Å². The average molecular weight is 357 g/mol. The smallest absolute Gasteiger partial charge is 0.261 e. The SMILES string of the molecule is COc1ccc2nc(CNC(=O)c3ccc([C@@H]4CCCO4)s3)[nH]c2c1. The molecule has 6 nitrogen and oxygen atoms in total. The highest BCUT2D eigenvalue weighted by Gasteiger charge is 2.20. The number of carbonyl (C=O) groups is 1. The van der Waals surface area contributed by atoms with Crippen molar-refractivity contribution in [2.75, 3.05) is 13.7 Å². The number of hydrogen-bond donors (Lipinski definition) is 2. The number of H-pyrrole nitrogens is 1. The molecule has 1 aliphatic rings. The second-order valence-electron chi connectivity index (χ2n) is 5.95. The van der Waals surface area contributed by atoms with Crippen LogP contribution in [0.1, 0.15) is 39.3 Å². The summed E-state index contributed by atoms with van der Waals surface area (Å²) >= 11 is 1.50. The summed E-state index contributed by atoms with van der Waals surface area (Å²) in [4.78, 5) is 21.9. The molecule has 1 fully saturated rings. The van der Waals surface area contributed by atoms with Crippen LogP contribution in [0.15, 0.2) is 30.3 Å². The van der Waals surface area contributed by atoms with E-state index in [-0.39, 0.29) is 12.0 Å². The van der Waals surface area contributed by atoms with Crippen LogP contribution in [-0.2, 0) is 11.3 Å². The number of rotatable bonds is 5. The number of carbonyl (C=O) groups excluding carboxylic acids is 1. The Hall–Kier alpha value is -2.38. The van der Waals surface area contributed by atoms with Gasteiger partial charge in [0.1, 0.15) is 11.6 Å². The van der Waals surface area contributed by atoms with Crippen LogP contribution in [0.3, 0.4) is 0 Å². The molecule has 25 heavy (non-hydrogen) atoms. The third kappa shape index (κ3) is 3.38. The molecule has 1 aliphatic heterocycles. The molecule has 1 atom stereocenters. The Morgan fingerprint density at radius 1 is 1.44 bits per heavy atom. The number of hydrogen-bond acceptors (Lipinski definition) is 5. The van der Waals surface area contributed by atoms with E-state index < -0.39 is 0 Å². The summed E-state index contributed by atoms with van der Waals surface area (Å²) < 4.78 is 10.9. The molecule has 1 aromatic carbocycles. The molecule has 2 aromatic heterocycles. The Balaban J connectivity index is 1.41. The minimum atomic E-state index is -0.0905. The lowest BCUT2D eigenvalue weighted by Gasteiger charge is -2.05. The molecule has 0 saturated carbocycles. The van der Waals surface area contributed by atoms with Crippen molar-refractivity contribution in [3.8, 4) is 5.75 Å². The summed E-state index contributed by atoms with van der Waals surface area (Å²) in [6, 6.07) is 9.50. The van der Waals surface area contributed by atoms with Gasteiger partial charge in [-0.05, 0) is 37.1 Å². The van der Waals surface area contributed by atoms with E-state index in [1.165, 1.54) is 11.3 Å². The van der Waals surface area contributed by atoms with Crippen molar-refractivity contribution < 1.29 is 14.3 Å². The highest BCUT2D eigenvalue weighted by Crippen LogP contribution is 2.33. The van der Waals surface area contributed by atoms with Gasteiger partial charge in [-0.25, -0.2) is 4.98 Å². The number of amides is 1. The number of ether oxygens (including phenoxy) is 2. The molecule has 1 amide bonds. The zero-order chi connectivity index (χ0) is 17.2. The fraction of sp³-hybridized carbons (Fsp3) is 0.333. The number of thiophene rings is 1. The first-order chi connectivity index (χ1) is 12.2. The van der Waals surface area contributed by atoms with Crippen LogP contribution in [-0.4, -0.2) is 29.6 Å². The Morgan fingerprint density at radius 3 is 3.16 bits per heavy atom. The van der Waals surface area contributed by atoms with Gasteiger partial charge >= 0.3 is 0 Å². The van der Waals surface area contributed by atoms with Gasteiger partial charge in [0, 0.05) is 17.6 Å². The molecule has 2 N–H and O–H groups in total. The molecular formula is C18H19N3O3S. The molecule has 130 valence electrons. The zero-order valence-electron chi connectivity index (χ0n) is 13.9. The molecule has 7 heteroatoms. The molecule has 0 aliphatic carbocycles. The first kappa shape index (κ1) is 16.1. The van der Waals surface area contributed by atoms with Crippen molar-refractivity contribution in [2.45, 2.75) is 25.5 Å². The Labute approximate surface area is 149 Å². The average Bonchev–Trinajstić information content (AvgIpc) is 3.38. The van der Waals surface area contributed by atoms with Gasteiger partial charge in [0.15, 0.2) is 0 Å². The van der Waals surface area contributed by atoms with Gasteiger partial charge in [-0.2, -0.15) is 0 Å². The fourth-order valence-corrected chi connectivity index (χ4v) is 3.96. The molecule has 0 unspecified atom stereocenters. The van der Waals surface area contributed by atoms with E-state index in [2.05, 4.69) is 15.3 Å². The highest BCUT2D eigenvalue weighted by molar-refractivity contribution is 7.14. The second kappa shape index (κ2) is 6.85. The van der Waals surface area contributed by atoms with Crippen molar-refractivity contribution >= 4 is 28.3 Å². The number of nitrogens with one attached hydrogen (secondary N) is 2. The summed E-state index contributed by atoms with van der Waals surface area (Å²) in [6.45, 7) is 1.16. The normalized spacial score (nSPS) is 17.1. The third-order valence-electron chi connectivity index (χ3n) is 4.25. The second-order valence-corrected chi connectivity index (χ2v) is 7.07. The van der Waals surface area contributed by atoms with Crippen LogP contribution >= 0.6 is 11.3 Å². The summed E-state index contributed by atoms with van der Waals surface area (Å²) in [7, 11) is 1.63. The predicted octanol–water partition coefficient (Wildman–Crippen LogP) is 3.41.